The Bertz CT molecular complexity index is 520. The van der Waals surface area contributed by atoms with Crippen LogP contribution in [0.5, 0.6) is 0 Å². The number of aromatic nitrogens is 2. The highest BCUT2D eigenvalue weighted by Gasteiger charge is 2.10. The van der Waals surface area contributed by atoms with Gasteiger partial charge in [0.05, 0.1) is 0 Å². The molecule has 0 bridgehead atoms. The van der Waals surface area contributed by atoms with Gasteiger partial charge in [-0.05, 0) is 31.7 Å². The van der Waals surface area contributed by atoms with Crippen molar-refractivity contribution in [2.75, 3.05) is 5.73 Å². The molecule has 2 N–H and O–H groups in total. The molecule has 0 saturated carbocycles. The molecule has 5 nitrogen and oxygen atoms in total. The van der Waals surface area contributed by atoms with Crippen molar-refractivity contribution in [2.24, 2.45) is 0 Å². The van der Waals surface area contributed by atoms with Crippen LogP contribution in [0.2, 0.25) is 0 Å². The SMILES string of the molecule is CCC=CCCCCCCCC(=O)n1c(N)ccnc1=O. The first kappa shape index (κ1) is 17.1. The standard InChI is InChI=1S/C16H25N3O2/c1-2-3-4-5-6-7-8-9-10-11-15(20)19-14(17)12-13-18-16(19)21/h3-4,12-13H,2,5-11,17H2,1H3. The van der Waals surface area contributed by atoms with Gasteiger partial charge in [-0.1, -0.05) is 38.3 Å². The Hall–Kier alpha value is -1.91. The van der Waals surface area contributed by atoms with Crippen LogP contribution < -0.4 is 11.4 Å². The predicted molar refractivity (Wildman–Crippen MR) is 85.3 cm³/mol. The van der Waals surface area contributed by atoms with Gasteiger partial charge in [0.1, 0.15) is 5.82 Å². The minimum atomic E-state index is -0.595. The van der Waals surface area contributed by atoms with Gasteiger partial charge in [0.25, 0.3) is 0 Å². The van der Waals surface area contributed by atoms with Gasteiger partial charge in [0, 0.05) is 12.6 Å². The maximum atomic E-state index is 11.9. The van der Waals surface area contributed by atoms with Crippen LogP contribution in [0.4, 0.5) is 5.82 Å². The second-order valence-corrected chi connectivity index (χ2v) is 5.07. The van der Waals surface area contributed by atoms with Gasteiger partial charge in [-0.15, -0.1) is 0 Å². The van der Waals surface area contributed by atoms with Gasteiger partial charge in [-0.2, -0.15) is 0 Å². The molecule has 0 radical (unpaired) electrons. The van der Waals surface area contributed by atoms with Crippen molar-refractivity contribution in [2.45, 2.75) is 58.3 Å². The zero-order valence-electron chi connectivity index (χ0n) is 12.8. The molecule has 116 valence electrons. The largest absolute Gasteiger partial charge is 0.385 e. The number of hydrogen-bond acceptors (Lipinski definition) is 4. The van der Waals surface area contributed by atoms with E-state index in [0.29, 0.717) is 6.42 Å². The van der Waals surface area contributed by atoms with Crippen molar-refractivity contribution in [3.05, 3.63) is 34.9 Å². The minimum absolute atomic E-state index is 0.155. The molecule has 1 heterocycles. The maximum Gasteiger partial charge on any atom is 0.355 e. The number of nitrogens with zero attached hydrogens (tertiary/aromatic N) is 2. The highest BCUT2D eigenvalue weighted by atomic mass is 16.2. The lowest BCUT2D eigenvalue weighted by Crippen LogP contribution is -2.30. The predicted octanol–water partition coefficient (Wildman–Crippen LogP) is 3.16. The van der Waals surface area contributed by atoms with Gasteiger partial charge in [-0.25, -0.2) is 14.3 Å². The zero-order chi connectivity index (χ0) is 15.5. The lowest BCUT2D eigenvalue weighted by atomic mass is 10.1. The van der Waals surface area contributed by atoms with Crippen LogP contribution in [0.25, 0.3) is 0 Å². The monoisotopic (exact) mass is 291 g/mol. The molecule has 0 spiro atoms. The topological polar surface area (TPSA) is 78.0 Å². The third-order valence-corrected chi connectivity index (χ3v) is 3.29. The van der Waals surface area contributed by atoms with E-state index in [1.807, 2.05) is 0 Å². The van der Waals surface area contributed by atoms with Gasteiger partial charge in [-0.3, -0.25) is 4.79 Å². The molecule has 0 amide bonds. The van der Waals surface area contributed by atoms with Gasteiger partial charge in [0.2, 0.25) is 5.91 Å². The van der Waals surface area contributed by atoms with E-state index in [4.69, 9.17) is 5.73 Å². The fraction of sp³-hybridized carbons (Fsp3) is 0.562. The van der Waals surface area contributed by atoms with E-state index < -0.39 is 5.69 Å². The number of carbonyl (C=O) groups is 1. The summed E-state index contributed by atoms with van der Waals surface area (Å²) in [7, 11) is 0. The Kier molecular flexibility index (Phi) is 8.09. The van der Waals surface area contributed by atoms with Gasteiger partial charge >= 0.3 is 5.69 Å². The number of allylic oxidation sites excluding steroid dienone is 2. The molecule has 0 aliphatic carbocycles. The number of carbonyl (C=O) groups excluding carboxylic acids is 1. The molecule has 1 aromatic rings. The van der Waals surface area contributed by atoms with Crippen molar-refractivity contribution in [1.82, 2.24) is 9.55 Å². The molecule has 0 atom stereocenters. The normalized spacial score (nSPS) is 11.1. The van der Waals surface area contributed by atoms with Crippen LogP contribution in [-0.2, 0) is 0 Å². The fourth-order valence-corrected chi connectivity index (χ4v) is 2.14. The lowest BCUT2D eigenvalue weighted by molar-refractivity contribution is 0.0896. The first-order valence-corrected chi connectivity index (χ1v) is 7.68. The Morgan fingerprint density at radius 1 is 1.24 bits per heavy atom. The number of anilines is 1. The van der Waals surface area contributed by atoms with E-state index in [-0.39, 0.29) is 11.7 Å². The summed E-state index contributed by atoms with van der Waals surface area (Å²) in [5.74, 6) is -0.112. The zero-order valence-corrected chi connectivity index (χ0v) is 12.8. The summed E-state index contributed by atoms with van der Waals surface area (Å²) in [6, 6.07) is 1.46. The van der Waals surface area contributed by atoms with Crippen molar-refractivity contribution >= 4 is 11.7 Å². The number of hydrogen-bond donors (Lipinski definition) is 1. The number of unbranched alkanes of at least 4 members (excludes halogenated alkanes) is 5. The summed E-state index contributed by atoms with van der Waals surface area (Å²) in [5, 5.41) is 0. The molecule has 5 heteroatoms. The van der Waals surface area contributed by atoms with Crippen molar-refractivity contribution < 1.29 is 4.79 Å². The lowest BCUT2D eigenvalue weighted by Gasteiger charge is -2.06. The van der Waals surface area contributed by atoms with E-state index in [0.717, 1.165) is 36.7 Å². The molecular formula is C16H25N3O2. The quantitative estimate of drug-likeness (QED) is 0.560. The Morgan fingerprint density at radius 2 is 1.95 bits per heavy atom. The van der Waals surface area contributed by atoms with Crippen LogP contribution in [-0.4, -0.2) is 15.5 Å². The highest BCUT2D eigenvalue weighted by molar-refractivity contribution is 5.81. The van der Waals surface area contributed by atoms with E-state index >= 15 is 0 Å². The molecular weight excluding hydrogens is 266 g/mol. The molecule has 1 rings (SSSR count). The van der Waals surface area contributed by atoms with Crippen molar-refractivity contribution in [3.8, 4) is 0 Å². The van der Waals surface area contributed by atoms with Crippen LogP contribution in [0.3, 0.4) is 0 Å². The maximum absolute atomic E-state index is 11.9. The third-order valence-electron chi connectivity index (χ3n) is 3.29. The Balaban J connectivity index is 2.20. The summed E-state index contributed by atoms with van der Waals surface area (Å²) >= 11 is 0. The molecule has 0 aromatic carbocycles. The molecule has 1 aromatic heterocycles. The molecule has 0 aliphatic rings. The van der Waals surface area contributed by atoms with Crippen molar-refractivity contribution in [1.29, 1.82) is 0 Å². The smallest absolute Gasteiger partial charge is 0.355 e. The molecule has 0 fully saturated rings. The average molecular weight is 291 g/mol. The molecule has 0 unspecified atom stereocenters. The Morgan fingerprint density at radius 3 is 2.67 bits per heavy atom. The molecule has 0 saturated heterocycles. The van der Waals surface area contributed by atoms with Crippen molar-refractivity contribution in [3.63, 3.8) is 0 Å². The van der Waals surface area contributed by atoms with E-state index in [1.165, 1.54) is 25.1 Å². The average Bonchev–Trinajstić information content (AvgIpc) is 2.45. The van der Waals surface area contributed by atoms with Gasteiger partial charge < -0.3 is 5.73 Å². The van der Waals surface area contributed by atoms with Crippen LogP contribution >= 0.6 is 0 Å². The second-order valence-electron chi connectivity index (χ2n) is 5.07. The first-order chi connectivity index (χ1) is 10.2. The van der Waals surface area contributed by atoms with Crippen LogP contribution in [0.15, 0.2) is 29.2 Å². The summed E-state index contributed by atoms with van der Waals surface area (Å²) < 4.78 is 0.954. The van der Waals surface area contributed by atoms with Crippen LogP contribution in [0.1, 0.15) is 63.1 Å². The molecule has 0 aliphatic heterocycles. The first-order valence-electron chi connectivity index (χ1n) is 7.68. The summed E-state index contributed by atoms with van der Waals surface area (Å²) in [6.45, 7) is 2.13. The number of nitrogens with two attached hydrogens (primary N) is 1. The number of rotatable bonds is 9. The van der Waals surface area contributed by atoms with E-state index in [2.05, 4.69) is 24.1 Å². The van der Waals surface area contributed by atoms with E-state index in [1.54, 1.807) is 0 Å². The third kappa shape index (κ3) is 6.38. The summed E-state index contributed by atoms with van der Waals surface area (Å²) in [5.41, 5.74) is 5.03. The molecule has 21 heavy (non-hydrogen) atoms. The summed E-state index contributed by atoms with van der Waals surface area (Å²) in [6.07, 6.45) is 13.6. The Labute approximate surface area is 125 Å². The fourth-order valence-electron chi connectivity index (χ4n) is 2.14. The van der Waals surface area contributed by atoms with Crippen LogP contribution in [0, 0.1) is 0 Å². The second kappa shape index (κ2) is 9.91. The highest BCUT2D eigenvalue weighted by Crippen LogP contribution is 2.09. The van der Waals surface area contributed by atoms with E-state index in [9.17, 15) is 9.59 Å². The number of nitrogen functional groups attached to an aromatic ring is 1. The van der Waals surface area contributed by atoms with Gasteiger partial charge in [0.15, 0.2) is 0 Å². The summed E-state index contributed by atoms with van der Waals surface area (Å²) in [4.78, 5) is 27.0. The minimum Gasteiger partial charge on any atom is -0.385 e.